The maximum atomic E-state index is 12.4. The van der Waals surface area contributed by atoms with Gasteiger partial charge in [-0.25, -0.2) is 0 Å². The van der Waals surface area contributed by atoms with Crippen LogP contribution in [0.15, 0.2) is 11.4 Å². The summed E-state index contributed by atoms with van der Waals surface area (Å²) in [6.45, 7) is 3.43. The Balaban J connectivity index is 0.00000208. The number of nitrogens with zero attached hydrogens (tertiary/aromatic N) is 2. The van der Waals surface area contributed by atoms with Crippen molar-refractivity contribution in [2.45, 2.75) is 44.7 Å². The predicted molar refractivity (Wildman–Crippen MR) is 98.6 cm³/mol. The van der Waals surface area contributed by atoms with Crippen molar-refractivity contribution in [3.8, 4) is 0 Å². The summed E-state index contributed by atoms with van der Waals surface area (Å²) in [6, 6.07) is 2.43. The van der Waals surface area contributed by atoms with E-state index in [0.717, 1.165) is 38.9 Å². The molecular weight excluding hydrogens is 346 g/mol. The van der Waals surface area contributed by atoms with Gasteiger partial charge in [-0.1, -0.05) is 0 Å². The van der Waals surface area contributed by atoms with Gasteiger partial charge in [0.05, 0.1) is 0 Å². The molecule has 0 aliphatic carbocycles. The fourth-order valence-corrected chi connectivity index (χ4v) is 4.30. The number of thiophene rings is 1. The SMILES string of the molecule is CN(C(=O)CCC(=O)N1CCc2sccc2C1)C1CCNCC1.Cl. The summed E-state index contributed by atoms with van der Waals surface area (Å²) in [7, 11) is 1.88. The first-order chi connectivity index (χ1) is 11.1. The largest absolute Gasteiger partial charge is 0.343 e. The molecule has 24 heavy (non-hydrogen) atoms. The van der Waals surface area contributed by atoms with Gasteiger partial charge in [0.15, 0.2) is 0 Å². The van der Waals surface area contributed by atoms with Gasteiger partial charge in [-0.2, -0.15) is 0 Å². The summed E-state index contributed by atoms with van der Waals surface area (Å²) in [6.07, 6.45) is 3.61. The van der Waals surface area contributed by atoms with E-state index < -0.39 is 0 Å². The average molecular weight is 372 g/mol. The predicted octanol–water partition coefficient (Wildman–Crippen LogP) is 2.05. The molecule has 2 amide bonds. The minimum absolute atomic E-state index is 0. The highest BCUT2D eigenvalue weighted by atomic mass is 35.5. The van der Waals surface area contributed by atoms with Gasteiger partial charge in [-0.05, 0) is 49.4 Å². The number of carbonyl (C=O) groups excluding carboxylic acids is 2. The van der Waals surface area contributed by atoms with E-state index in [9.17, 15) is 9.59 Å². The minimum atomic E-state index is 0. The lowest BCUT2D eigenvalue weighted by Gasteiger charge is -2.32. The van der Waals surface area contributed by atoms with Crippen molar-refractivity contribution in [1.82, 2.24) is 15.1 Å². The molecule has 1 N–H and O–H groups in total. The van der Waals surface area contributed by atoms with E-state index in [1.165, 1.54) is 10.4 Å². The highest BCUT2D eigenvalue weighted by Crippen LogP contribution is 2.24. The van der Waals surface area contributed by atoms with Crippen LogP contribution >= 0.6 is 23.7 Å². The number of nitrogens with one attached hydrogen (secondary N) is 1. The summed E-state index contributed by atoms with van der Waals surface area (Å²) >= 11 is 1.77. The van der Waals surface area contributed by atoms with Crippen molar-refractivity contribution >= 4 is 35.6 Å². The Bertz CT molecular complexity index is 572. The molecule has 1 saturated heterocycles. The Kier molecular flexibility index (Phi) is 7.07. The number of hydrogen-bond acceptors (Lipinski definition) is 4. The van der Waals surface area contributed by atoms with E-state index in [4.69, 9.17) is 0 Å². The quantitative estimate of drug-likeness (QED) is 0.881. The second-order valence-electron chi connectivity index (χ2n) is 6.42. The molecule has 7 heteroatoms. The molecule has 0 saturated carbocycles. The van der Waals surface area contributed by atoms with Crippen LogP contribution in [0.5, 0.6) is 0 Å². The minimum Gasteiger partial charge on any atom is -0.343 e. The fraction of sp³-hybridized carbons (Fsp3) is 0.647. The number of piperidine rings is 1. The Morgan fingerprint density at radius 3 is 2.83 bits per heavy atom. The molecule has 0 unspecified atom stereocenters. The van der Waals surface area contributed by atoms with Crippen molar-refractivity contribution < 1.29 is 9.59 Å². The van der Waals surface area contributed by atoms with Crippen molar-refractivity contribution in [2.75, 3.05) is 26.7 Å². The molecule has 0 spiro atoms. The molecule has 3 rings (SSSR count). The summed E-state index contributed by atoms with van der Waals surface area (Å²) < 4.78 is 0. The molecule has 1 aromatic rings. The monoisotopic (exact) mass is 371 g/mol. The number of halogens is 1. The van der Waals surface area contributed by atoms with E-state index in [1.54, 1.807) is 11.3 Å². The van der Waals surface area contributed by atoms with E-state index in [1.807, 2.05) is 16.8 Å². The number of amides is 2. The molecular formula is C17H26ClN3O2S. The van der Waals surface area contributed by atoms with Crippen LogP contribution < -0.4 is 5.32 Å². The van der Waals surface area contributed by atoms with E-state index in [2.05, 4.69) is 16.8 Å². The van der Waals surface area contributed by atoms with Gasteiger partial charge in [0, 0.05) is 43.9 Å². The summed E-state index contributed by atoms with van der Waals surface area (Å²) in [5.74, 6) is 0.201. The Morgan fingerprint density at radius 1 is 1.33 bits per heavy atom. The van der Waals surface area contributed by atoms with Gasteiger partial charge in [0.2, 0.25) is 11.8 Å². The summed E-state index contributed by atoms with van der Waals surface area (Å²) in [4.78, 5) is 29.8. The number of fused-ring (bicyclic) bond motifs is 1. The van der Waals surface area contributed by atoms with Gasteiger partial charge in [-0.3, -0.25) is 9.59 Å². The van der Waals surface area contributed by atoms with Crippen LogP contribution in [0.2, 0.25) is 0 Å². The van der Waals surface area contributed by atoms with Crippen LogP contribution in [0.4, 0.5) is 0 Å². The second kappa shape index (κ2) is 8.83. The summed E-state index contributed by atoms with van der Waals surface area (Å²) in [5.41, 5.74) is 1.27. The Labute approximate surface area is 153 Å². The molecule has 0 radical (unpaired) electrons. The first kappa shape index (κ1) is 19.2. The van der Waals surface area contributed by atoms with Crippen molar-refractivity contribution in [3.63, 3.8) is 0 Å². The molecule has 134 valence electrons. The molecule has 2 aliphatic heterocycles. The lowest BCUT2D eigenvalue weighted by molar-refractivity contribution is -0.138. The van der Waals surface area contributed by atoms with Crippen molar-refractivity contribution in [1.29, 1.82) is 0 Å². The lowest BCUT2D eigenvalue weighted by Crippen LogP contribution is -2.44. The van der Waals surface area contributed by atoms with Gasteiger partial charge in [0.1, 0.15) is 0 Å². The number of hydrogen-bond donors (Lipinski definition) is 1. The van der Waals surface area contributed by atoms with Gasteiger partial charge < -0.3 is 15.1 Å². The Morgan fingerprint density at radius 2 is 2.08 bits per heavy atom. The van der Waals surface area contributed by atoms with E-state index in [-0.39, 0.29) is 24.2 Å². The van der Waals surface area contributed by atoms with Gasteiger partial charge in [-0.15, -0.1) is 23.7 Å². The van der Waals surface area contributed by atoms with Crippen LogP contribution in [0.25, 0.3) is 0 Å². The second-order valence-corrected chi connectivity index (χ2v) is 7.42. The topological polar surface area (TPSA) is 52.7 Å². The maximum Gasteiger partial charge on any atom is 0.223 e. The van der Waals surface area contributed by atoms with Crippen LogP contribution in [0.3, 0.4) is 0 Å². The highest BCUT2D eigenvalue weighted by molar-refractivity contribution is 7.10. The molecule has 1 aromatic heterocycles. The van der Waals surface area contributed by atoms with Crippen LogP contribution in [-0.4, -0.2) is 54.3 Å². The number of carbonyl (C=O) groups is 2. The van der Waals surface area contributed by atoms with E-state index >= 15 is 0 Å². The molecule has 0 aromatic carbocycles. The molecule has 1 fully saturated rings. The summed E-state index contributed by atoms with van der Waals surface area (Å²) in [5, 5.41) is 5.40. The van der Waals surface area contributed by atoms with Crippen molar-refractivity contribution in [3.05, 3.63) is 21.9 Å². The number of rotatable bonds is 4. The van der Waals surface area contributed by atoms with E-state index in [0.29, 0.717) is 25.4 Å². The third-order valence-corrected chi connectivity index (χ3v) is 5.99. The Hall–Kier alpha value is -1.11. The average Bonchev–Trinajstić information content (AvgIpc) is 3.07. The van der Waals surface area contributed by atoms with Crippen LogP contribution in [-0.2, 0) is 22.6 Å². The molecule has 0 bridgehead atoms. The normalized spacial score (nSPS) is 17.8. The third-order valence-electron chi connectivity index (χ3n) is 4.96. The maximum absolute atomic E-state index is 12.4. The van der Waals surface area contributed by atoms with Crippen LogP contribution in [0.1, 0.15) is 36.1 Å². The fourth-order valence-electron chi connectivity index (χ4n) is 3.41. The third kappa shape index (κ3) is 4.49. The highest BCUT2D eigenvalue weighted by Gasteiger charge is 2.25. The zero-order chi connectivity index (χ0) is 16.2. The standard InChI is InChI=1S/C17H25N3O2S.ClH/c1-19(14-4-8-18-9-5-14)16(21)2-3-17(22)20-10-6-15-13(12-20)7-11-23-15;/h7,11,14,18H,2-6,8-10,12H2,1H3;1H. The molecule has 5 nitrogen and oxygen atoms in total. The molecule has 2 aliphatic rings. The zero-order valence-electron chi connectivity index (χ0n) is 14.1. The lowest BCUT2D eigenvalue weighted by atomic mass is 10.0. The first-order valence-corrected chi connectivity index (χ1v) is 9.32. The first-order valence-electron chi connectivity index (χ1n) is 8.44. The van der Waals surface area contributed by atoms with Crippen molar-refractivity contribution in [2.24, 2.45) is 0 Å². The zero-order valence-corrected chi connectivity index (χ0v) is 15.8. The molecule has 3 heterocycles. The van der Waals surface area contributed by atoms with Gasteiger partial charge >= 0.3 is 0 Å². The van der Waals surface area contributed by atoms with Gasteiger partial charge in [0.25, 0.3) is 0 Å². The smallest absolute Gasteiger partial charge is 0.223 e. The van der Waals surface area contributed by atoms with Crippen LogP contribution in [0, 0.1) is 0 Å². The molecule has 0 atom stereocenters.